The van der Waals surface area contributed by atoms with E-state index in [1.807, 2.05) is 29.2 Å². The Bertz CT molecular complexity index is 769. The first-order chi connectivity index (χ1) is 12.0. The summed E-state index contributed by atoms with van der Waals surface area (Å²) >= 11 is 6.18. The Morgan fingerprint density at radius 2 is 1.76 bits per heavy atom. The van der Waals surface area contributed by atoms with Crippen molar-refractivity contribution in [2.24, 2.45) is 0 Å². The maximum absolute atomic E-state index is 13.8. The molecule has 0 N–H and O–H groups in total. The highest BCUT2D eigenvalue weighted by atomic mass is 35.5. The fraction of sp³-hybridized carbons (Fsp3) is 0.316. The largest absolute Gasteiger partial charge is 0.337 e. The summed E-state index contributed by atoms with van der Waals surface area (Å²) in [6.45, 7) is 2.56. The number of carbonyl (C=O) groups is 1. The molecule has 1 saturated heterocycles. The van der Waals surface area contributed by atoms with Crippen molar-refractivity contribution in [2.45, 2.75) is 19.5 Å². The van der Waals surface area contributed by atoms with Gasteiger partial charge in [0.1, 0.15) is 11.6 Å². The van der Waals surface area contributed by atoms with Crippen LogP contribution in [0.1, 0.15) is 17.5 Å². The van der Waals surface area contributed by atoms with Crippen molar-refractivity contribution in [1.29, 1.82) is 0 Å². The molecular weight excluding hydrogens is 346 g/mol. The highest BCUT2D eigenvalue weighted by molar-refractivity contribution is 6.31. The normalized spacial score (nSPS) is 16.1. The van der Waals surface area contributed by atoms with Gasteiger partial charge in [0.05, 0.1) is 0 Å². The van der Waals surface area contributed by atoms with E-state index in [9.17, 15) is 13.6 Å². The minimum absolute atomic E-state index is 0.0574. The molecule has 132 valence electrons. The molecule has 6 heteroatoms. The van der Waals surface area contributed by atoms with Gasteiger partial charge in [-0.25, -0.2) is 8.78 Å². The molecule has 2 aromatic rings. The fourth-order valence-electron chi connectivity index (χ4n) is 2.96. The minimum atomic E-state index is -0.585. The summed E-state index contributed by atoms with van der Waals surface area (Å²) in [5.41, 5.74) is 1.35. The molecule has 0 aromatic heterocycles. The molecular formula is C19H19ClF2N2O. The second-order valence-electron chi connectivity index (χ2n) is 6.17. The van der Waals surface area contributed by atoms with Crippen molar-refractivity contribution in [3.63, 3.8) is 0 Å². The van der Waals surface area contributed by atoms with Crippen molar-refractivity contribution in [2.75, 3.05) is 19.6 Å². The minimum Gasteiger partial charge on any atom is -0.337 e. The van der Waals surface area contributed by atoms with Gasteiger partial charge in [-0.1, -0.05) is 35.9 Å². The molecule has 1 aliphatic heterocycles. The predicted octanol–water partition coefficient (Wildman–Crippen LogP) is 3.85. The molecule has 3 rings (SSSR count). The average molecular weight is 365 g/mol. The fourth-order valence-corrected chi connectivity index (χ4v) is 3.15. The van der Waals surface area contributed by atoms with Gasteiger partial charge < -0.3 is 4.90 Å². The number of hydrogen-bond acceptors (Lipinski definition) is 2. The zero-order valence-electron chi connectivity index (χ0n) is 13.7. The summed E-state index contributed by atoms with van der Waals surface area (Å²) in [6, 6.07) is 11.1. The monoisotopic (exact) mass is 364 g/mol. The van der Waals surface area contributed by atoms with Crippen LogP contribution in [0.2, 0.25) is 5.02 Å². The summed E-state index contributed by atoms with van der Waals surface area (Å²) in [5, 5.41) is 0.643. The zero-order chi connectivity index (χ0) is 17.8. The zero-order valence-corrected chi connectivity index (χ0v) is 14.5. The van der Waals surface area contributed by atoms with Crippen LogP contribution in [0.3, 0.4) is 0 Å². The Labute approximate surface area is 150 Å². The van der Waals surface area contributed by atoms with E-state index in [1.54, 1.807) is 4.90 Å². The van der Waals surface area contributed by atoms with Gasteiger partial charge in [-0.2, -0.15) is 0 Å². The van der Waals surface area contributed by atoms with E-state index in [1.165, 1.54) is 12.1 Å². The van der Waals surface area contributed by atoms with Crippen LogP contribution >= 0.6 is 11.6 Å². The smallest absolute Gasteiger partial charge is 0.224 e. The molecule has 1 aliphatic rings. The van der Waals surface area contributed by atoms with E-state index in [-0.39, 0.29) is 5.91 Å². The molecule has 0 bridgehead atoms. The van der Waals surface area contributed by atoms with Crippen LogP contribution in [0.15, 0.2) is 42.5 Å². The highest BCUT2D eigenvalue weighted by Crippen LogP contribution is 2.19. The van der Waals surface area contributed by atoms with E-state index in [2.05, 4.69) is 0 Å². The number of rotatable bonds is 4. The molecule has 0 atom stereocenters. The summed E-state index contributed by atoms with van der Waals surface area (Å²) in [4.78, 5) is 16.2. The van der Waals surface area contributed by atoms with Crippen molar-refractivity contribution in [3.05, 3.63) is 70.2 Å². The Morgan fingerprint density at radius 1 is 0.960 bits per heavy atom. The van der Waals surface area contributed by atoms with E-state index in [0.29, 0.717) is 49.7 Å². The van der Waals surface area contributed by atoms with Crippen molar-refractivity contribution < 1.29 is 13.6 Å². The van der Waals surface area contributed by atoms with Crippen molar-refractivity contribution >= 4 is 17.5 Å². The molecule has 3 nitrogen and oxygen atoms in total. The van der Waals surface area contributed by atoms with Gasteiger partial charge in [-0.3, -0.25) is 9.69 Å². The standard InChI is InChI=1S/C19H19ClF2N2O/c20-17-4-2-1-3-14(17)13-24-10-9-23(8-7-19(24)25)12-15-5-6-16(21)11-18(15)22/h1-6,11H,7-10,12-13H2. The first kappa shape index (κ1) is 17.8. The topological polar surface area (TPSA) is 23.6 Å². The van der Waals surface area contributed by atoms with Gasteiger partial charge in [0, 0.05) is 55.8 Å². The number of benzene rings is 2. The molecule has 2 aromatic carbocycles. The predicted molar refractivity (Wildman–Crippen MR) is 93.1 cm³/mol. The van der Waals surface area contributed by atoms with E-state index in [4.69, 9.17) is 11.6 Å². The quantitative estimate of drug-likeness (QED) is 0.822. The van der Waals surface area contributed by atoms with E-state index >= 15 is 0 Å². The van der Waals surface area contributed by atoms with E-state index < -0.39 is 11.6 Å². The Balaban J connectivity index is 1.64. The first-order valence-electron chi connectivity index (χ1n) is 8.20. The maximum atomic E-state index is 13.8. The third-order valence-corrected chi connectivity index (χ3v) is 4.78. The lowest BCUT2D eigenvalue weighted by Gasteiger charge is -2.22. The van der Waals surface area contributed by atoms with Crippen LogP contribution in [0.5, 0.6) is 0 Å². The molecule has 0 aliphatic carbocycles. The van der Waals surface area contributed by atoms with Gasteiger partial charge in [0.2, 0.25) is 5.91 Å². The number of nitrogens with zero attached hydrogens (tertiary/aromatic N) is 2. The SMILES string of the molecule is O=C1CCN(Cc2ccc(F)cc2F)CCN1Cc1ccccc1Cl. The van der Waals surface area contributed by atoms with Crippen molar-refractivity contribution in [3.8, 4) is 0 Å². The van der Waals surface area contributed by atoms with Crippen LogP contribution in [-0.2, 0) is 17.9 Å². The molecule has 25 heavy (non-hydrogen) atoms. The van der Waals surface area contributed by atoms with Crippen LogP contribution < -0.4 is 0 Å². The van der Waals surface area contributed by atoms with Gasteiger partial charge in [0.15, 0.2) is 0 Å². The van der Waals surface area contributed by atoms with E-state index in [0.717, 1.165) is 11.6 Å². The molecule has 0 saturated carbocycles. The molecule has 0 radical (unpaired) electrons. The summed E-state index contributed by atoms with van der Waals surface area (Å²) in [5.74, 6) is -1.08. The van der Waals surface area contributed by atoms with Crippen LogP contribution in [0.25, 0.3) is 0 Å². The molecule has 0 unspecified atom stereocenters. The van der Waals surface area contributed by atoms with Gasteiger partial charge in [-0.15, -0.1) is 0 Å². The lowest BCUT2D eigenvalue weighted by molar-refractivity contribution is -0.130. The van der Waals surface area contributed by atoms with Crippen molar-refractivity contribution in [1.82, 2.24) is 9.80 Å². The summed E-state index contributed by atoms with van der Waals surface area (Å²) in [7, 11) is 0. The summed E-state index contributed by atoms with van der Waals surface area (Å²) < 4.78 is 26.9. The molecule has 1 amide bonds. The summed E-state index contributed by atoms with van der Waals surface area (Å²) in [6.07, 6.45) is 0.368. The highest BCUT2D eigenvalue weighted by Gasteiger charge is 2.22. The van der Waals surface area contributed by atoms with Gasteiger partial charge >= 0.3 is 0 Å². The number of carbonyl (C=O) groups excluding carboxylic acids is 1. The third-order valence-electron chi connectivity index (χ3n) is 4.41. The lowest BCUT2D eigenvalue weighted by Crippen LogP contribution is -2.32. The van der Waals surface area contributed by atoms with Gasteiger partial charge in [-0.05, 0) is 17.7 Å². The van der Waals surface area contributed by atoms with Crippen LogP contribution in [0.4, 0.5) is 8.78 Å². The number of hydrogen-bond donors (Lipinski definition) is 0. The lowest BCUT2D eigenvalue weighted by atomic mass is 10.2. The first-order valence-corrected chi connectivity index (χ1v) is 8.58. The number of amides is 1. The van der Waals surface area contributed by atoms with Crippen LogP contribution in [-0.4, -0.2) is 35.3 Å². The average Bonchev–Trinajstić information content (AvgIpc) is 2.75. The molecule has 1 fully saturated rings. The Hall–Kier alpha value is -1.98. The Kier molecular flexibility index (Phi) is 5.66. The van der Waals surface area contributed by atoms with Gasteiger partial charge in [0.25, 0.3) is 0 Å². The third kappa shape index (κ3) is 4.55. The maximum Gasteiger partial charge on any atom is 0.224 e. The Morgan fingerprint density at radius 3 is 2.52 bits per heavy atom. The second-order valence-corrected chi connectivity index (χ2v) is 6.58. The molecule has 0 spiro atoms. The molecule has 1 heterocycles. The number of halogens is 3. The van der Waals surface area contributed by atoms with Crippen LogP contribution in [0, 0.1) is 11.6 Å². The second kappa shape index (κ2) is 7.93.